The number of aromatic nitrogens is 1. The molecule has 0 bridgehead atoms. The molecule has 1 unspecified atom stereocenters. The maximum atomic E-state index is 14.3. The van der Waals surface area contributed by atoms with Gasteiger partial charge in [0.25, 0.3) is 0 Å². The molecule has 5 heteroatoms. The van der Waals surface area contributed by atoms with Gasteiger partial charge in [0.2, 0.25) is 5.56 Å². The van der Waals surface area contributed by atoms with E-state index in [4.69, 9.17) is 0 Å². The first-order chi connectivity index (χ1) is 13.4. The topological polar surface area (TPSA) is 36.1 Å². The van der Waals surface area contributed by atoms with Crippen molar-refractivity contribution in [2.75, 3.05) is 4.90 Å². The van der Waals surface area contributed by atoms with Gasteiger partial charge in [-0.05, 0) is 60.6 Å². The van der Waals surface area contributed by atoms with Crippen molar-refractivity contribution < 1.29 is 8.78 Å². The average Bonchev–Trinajstić information content (AvgIpc) is 2.65. The summed E-state index contributed by atoms with van der Waals surface area (Å²) in [5.41, 5.74) is 3.97. The van der Waals surface area contributed by atoms with E-state index in [1.54, 1.807) is 6.07 Å². The molecule has 3 aromatic rings. The third-order valence-corrected chi connectivity index (χ3v) is 5.89. The van der Waals surface area contributed by atoms with Gasteiger partial charge in [0.1, 0.15) is 0 Å². The Kier molecular flexibility index (Phi) is 4.69. The number of aromatic amines is 1. The standard InChI is InChI=1S/C23H24F2N2O/c1-13(2)19-10-8-16-14(3)5-4-6-20(16)27(19)12-15-11-21(28)26-23-17(15)7-9-18(24)22(23)25/h4-7,9,11,13,19H,8,10,12H2,1-3H3,(H,26,28). The number of hydrogen-bond donors (Lipinski definition) is 1. The summed E-state index contributed by atoms with van der Waals surface area (Å²) in [5.74, 6) is -1.54. The molecular weight excluding hydrogens is 358 g/mol. The molecule has 4 rings (SSSR count). The second kappa shape index (κ2) is 7.04. The van der Waals surface area contributed by atoms with E-state index < -0.39 is 17.2 Å². The molecule has 0 aliphatic carbocycles. The number of aryl methyl sites for hydroxylation is 1. The van der Waals surface area contributed by atoms with Crippen molar-refractivity contribution in [1.82, 2.24) is 4.98 Å². The van der Waals surface area contributed by atoms with Crippen LogP contribution in [0.4, 0.5) is 14.5 Å². The maximum absolute atomic E-state index is 14.3. The first-order valence-corrected chi connectivity index (χ1v) is 9.72. The van der Waals surface area contributed by atoms with Crippen molar-refractivity contribution in [2.24, 2.45) is 5.92 Å². The summed E-state index contributed by atoms with van der Waals surface area (Å²) in [4.78, 5) is 16.9. The summed E-state index contributed by atoms with van der Waals surface area (Å²) in [5, 5.41) is 0.542. The van der Waals surface area contributed by atoms with Crippen LogP contribution in [0.2, 0.25) is 0 Å². The molecule has 1 atom stereocenters. The second-order valence-electron chi connectivity index (χ2n) is 7.99. The summed E-state index contributed by atoms with van der Waals surface area (Å²) >= 11 is 0. The smallest absolute Gasteiger partial charge is 0.248 e. The largest absolute Gasteiger partial charge is 0.364 e. The number of halogens is 2. The van der Waals surface area contributed by atoms with Crippen molar-refractivity contribution in [3.63, 3.8) is 0 Å². The van der Waals surface area contributed by atoms with E-state index >= 15 is 0 Å². The van der Waals surface area contributed by atoms with Crippen LogP contribution in [-0.4, -0.2) is 11.0 Å². The van der Waals surface area contributed by atoms with Gasteiger partial charge in [-0.3, -0.25) is 4.79 Å². The minimum atomic E-state index is -1.01. The number of pyridine rings is 1. The van der Waals surface area contributed by atoms with Gasteiger partial charge in [0, 0.05) is 29.7 Å². The lowest BCUT2D eigenvalue weighted by molar-refractivity contribution is 0.412. The molecule has 0 spiro atoms. The number of hydrogen-bond acceptors (Lipinski definition) is 2. The quantitative estimate of drug-likeness (QED) is 0.685. The molecule has 0 saturated carbocycles. The number of benzene rings is 2. The Hall–Kier alpha value is -2.69. The van der Waals surface area contributed by atoms with Gasteiger partial charge in [-0.15, -0.1) is 0 Å². The summed E-state index contributed by atoms with van der Waals surface area (Å²) in [6, 6.07) is 10.8. The van der Waals surface area contributed by atoms with Crippen LogP contribution in [0.1, 0.15) is 37.0 Å². The van der Waals surface area contributed by atoms with Crippen LogP contribution in [0, 0.1) is 24.5 Å². The van der Waals surface area contributed by atoms with Gasteiger partial charge in [-0.25, -0.2) is 8.78 Å². The summed E-state index contributed by atoms with van der Waals surface area (Å²) in [6.45, 7) is 6.99. The van der Waals surface area contributed by atoms with Crippen LogP contribution in [0.3, 0.4) is 0 Å². The Bertz CT molecular complexity index is 1100. The van der Waals surface area contributed by atoms with E-state index in [0.717, 1.165) is 18.9 Å². The van der Waals surface area contributed by atoms with Crippen molar-refractivity contribution in [2.45, 2.75) is 46.2 Å². The third kappa shape index (κ3) is 3.09. The number of nitrogens with zero attached hydrogens (tertiary/aromatic N) is 1. The van der Waals surface area contributed by atoms with E-state index in [9.17, 15) is 13.6 Å². The SMILES string of the molecule is Cc1cccc2c1CCC(C(C)C)N2Cc1cc(=O)[nH]c2c(F)c(F)ccc12. The van der Waals surface area contributed by atoms with E-state index in [0.29, 0.717) is 29.5 Å². The van der Waals surface area contributed by atoms with Crippen molar-refractivity contribution in [3.8, 4) is 0 Å². The summed E-state index contributed by atoms with van der Waals surface area (Å²) < 4.78 is 27.9. The molecule has 1 N–H and O–H groups in total. The summed E-state index contributed by atoms with van der Waals surface area (Å²) in [6.07, 6.45) is 2.05. The first kappa shape index (κ1) is 18.7. The lowest BCUT2D eigenvalue weighted by Gasteiger charge is -2.42. The molecule has 1 aliphatic heterocycles. The van der Waals surface area contributed by atoms with E-state index in [2.05, 4.69) is 48.9 Å². The normalized spacial score (nSPS) is 16.6. The Labute approximate surface area is 163 Å². The molecule has 1 aliphatic rings. The molecule has 2 heterocycles. The van der Waals surface area contributed by atoms with E-state index in [1.807, 2.05) is 0 Å². The maximum Gasteiger partial charge on any atom is 0.248 e. The number of nitrogens with one attached hydrogen (secondary N) is 1. The molecule has 1 aromatic heterocycles. The Morgan fingerprint density at radius 3 is 2.75 bits per heavy atom. The molecule has 28 heavy (non-hydrogen) atoms. The Morgan fingerprint density at radius 2 is 2.00 bits per heavy atom. The summed E-state index contributed by atoms with van der Waals surface area (Å²) in [7, 11) is 0. The van der Waals surface area contributed by atoms with Gasteiger partial charge in [-0.2, -0.15) is 0 Å². The zero-order chi connectivity index (χ0) is 20.0. The van der Waals surface area contributed by atoms with Crippen LogP contribution in [0.15, 0.2) is 41.2 Å². The van der Waals surface area contributed by atoms with Gasteiger partial charge < -0.3 is 9.88 Å². The number of fused-ring (bicyclic) bond motifs is 2. The molecule has 0 radical (unpaired) electrons. The van der Waals surface area contributed by atoms with Crippen molar-refractivity contribution in [1.29, 1.82) is 0 Å². The first-order valence-electron chi connectivity index (χ1n) is 9.72. The van der Waals surface area contributed by atoms with E-state index in [1.165, 1.54) is 22.9 Å². The molecule has 146 valence electrons. The van der Waals surface area contributed by atoms with Crippen LogP contribution in [-0.2, 0) is 13.0 Å². The van der Waals surface area contributed by atoms with Crippen LogP contribution in [0.25, 0.3) is 10.9 Å². The predicted octanol–water partition coefficient (Wildman–Crippen LogP) is 5.09. The van der Waals surface area contributed by atoms with E-state index in [-0.39, 0.29) is 5.52 Å². The molecule has 0 fully saturated rings. The molecular formula is C23H24F2N2O. The minimum Gasteiger partial charge on any atom is -0.364 e. The monoisotopic (exact) mass is 382 g/mol. The molecule has 3 nitrogen and oxygen atoms in total. The lowest BCUT2D eigenvalue weighted by atomic mass is 9.87. The highest BCUT2D eigenvalue weighted by molar-refractivity contribution is 5.83. The highest BCUT2D eigenvalue weighted by Gasteiger charge is 2.29. The molecule has 0 amide bonds. The Morgan fingerprint density at radius 1 is 1.21 bits per heavy atom. The number of rotatable bonds is 3. The highest BCUT2D eigenvalue weighted by atomic mass is 19.2. The van der Waals surface area contributed by atoms with Gasteiger partial charge in [-0.1, -0.05) is 26.0 Å². The molecule has 2 aromatic carbocycles. The molecule has 0 saturated heterocycles. The fourth-order valence-corrected chi connectivity index (χ4v) is 4.45. The zero-order valence-corrected chi connectivity index (χ0v) is 16.4. The predicted molar refractivity (Wildman–Crippen MR) is 109 cm³/mol. The van der Waals surface area contributed by atoms with Crippen LogP contribution < -0.4 is 10.5 Å². The highest BCUT2D eigenvalue weighted by Crippen LogP contribution is 2.37. The Balaban J connectivity index is 1.87. The van der Waals surface area contributed by atoms with Crippen LogP contribution in [0.5, 0.6) is 0 Å². The second-order valence-corrected chi connectivity index (χ2v) is 7.99. The third-order valence-electron chi connectivity index (χ3n) is 5.89. The van der Waals surface area contributed by atoms with Crippen molar-refractivity contribution in [3.05, 3.63) is 75.1 Å². The van der Waals surface area contributed by atoms with Gasteiger partial charge in [0.05, 0.1) is 5.52 Å². The van der Waals surface area contributed by atoms with Crippen molar-refractivity contribution >= 4 is 16.6 Å². The number of anilines is 1. The average molecular weight is 382 g/mol. The minimum absolute atomic E-state index is 0.0647. The fourth-order valence-electron chi connectivity index (χ4n) is 4.45. The zero-order valence-electron chi connectivity index (χ0n) is 16.4. The van der Waals surface area contributed by atoms with Gasteiger partial charge in [0.15, 0.2) is 11.6 Å². The van der Waals surface area contributed by atoms with Gasteiger partial charge >= 0.3 is 0 Å². The number of H-pyrrole nitrogens is 1. The lowest BCUT2D eigenvalue weighted by Crippen LogP contribution is -2.42. The van der Waals surface area contributed by atoms with Crippen LogP contribution >= 0.6 is 0 Å². The fraction of sp³-hybridized carbons (Fsp3) is 0.348.